The van der Waals surface area contributed by atoms with Crippen LogP contribution < -0.4 is 0 Å². The molecule has 0 unspecified atom stereocenters. The normalized spacial score (nSPS) is 11.2. The smallest absolute Gasteiger partial charge is 0.263 e. The van der Waals surface area contributed by atoms with Gasteiger partial charge in [-0.05, 0) is 51.0 Å². The molecule has 7 heteroatoms. The Morgan fingerprint density at radius 2 is 1.83 bits per heavy atom. The van der Waals surface area contributed by atoms with Crippen molar-refractivity contribution in [1.82, 2.24) is 15.3 Å². The van der Waals surface area contributed by atoms with Crippen molar-refractivity contribution in [2.24, 2.45) is 0 Å². The van der Waals surface area contributed by atoms with Crippen LogP contribution in [0.15, 0.2) is 26.1 Å². The van der Waals surface area contributed by atoms with Crippen LogP contribution in [-0.2, 0) is 5.75 Å². The Hall–Kier alpha value is -1.79. The quantitative estimate of drug-likeness (QED) is 0.624. The molecule has 0 saturated heterocycles. The highest BCUT2D eigenvalue weighted by Gasteiger charge is 2.18. The van der Waals surface area contributed by atoms with Crippen LogP contribution in [0.2, 0.25) is 5.02 Å². The lowest BCUT2D eigenvalue weighted by molar-refractivity contribution is 0.392. The predicted octanol–water partition coefficient (Wildman–Crippen LogP) is 4.90. The number of halogens is 1. The van der Waals surface area contributed by atoms with Crippen LogP contribution in [0.25, 0.3) is 11.5 Å². The molecule has 23 heavy (non-hydrogen) atoms. The summed E-state index contributed by atoms with van der Waals surface area (Å²) in [4.78, 5) is 5.60. The first-order chi connectivity index (χ1) is 11.0. The lowest BCUT2D eigenvalue weighted by Gasteiger charge is -2.07. The van der Waals surface area contributed by atoms with Gasteiger partial charge in [0, 0.05) is 9.92 Å². The predicted molar refractivity (Wildman–Crippen MR) is 89.8 cm³/mol. The summed E-state index contributed by atoms with van der Waals surface area (Å²) in [5.41, 5.74) is 3.71. The number of thioether (sulfide) groups is 1. The van der Waals surface area contributed by atoms with Crippen LogP contribution in [0.3, 0.4) is 0 Å². The minimum atomic E-state index is 0.445. The first kappa shape index (κ1) is 16.1. The fourth-order valence-electron chi connectivity index (χ4n) is 2.25. The Morgan fingerprint density at radius 1 is 1.04 bits per heavy atom. The van der Waals surface area contributed by atoms with E-state index in [0.29, 0.717) is 23.2 Å². The number of aryl methyl sites for hydroxylation is 4. The van der Waals surface area contributed by atoms with E-state index >= 15 is 0 Å². The molecule has 5 nitrogen and oxygen atoms in total. The van der Waals surface area contributed by atoms with Crippen molar-refractivity contribution in [3.63, 3.8) is 0 Å². The fraction of sp³-hybridized carbons (Fsp3) is 0.312. The van der Waals surface area contributed by atoms with Crippen molar-refractivity contribution < 1.29 is 9.05 Å². The van der Waals surface area contributed by atoms with Gasteiger partial charge in [0.25, 0.3) is 5.89 Å². The van der Waals surface area contributed by atoms with Crippen LogP contribution in [0, 0.1) is 27.7 Å². The molecule has 1 aromatic carbocycles. The fourth-order valence-corrected chi connectivity index (χ4v) is 3.42. The van der Waals surface area contributed by atoms with E-state index in [1.165, 1.54) is 0 Å². The van der Waals surface area contributed by atoms with Crippen LogP contribution in [0.4, 0.5) is 0 Å². The van der Waals surface area contributed by atoms with Crippen LogP contribution in [-0.4, -0.2) is 15.3 Å². The zero-order valence-electron chi connectivity index (χ0n) is 13.3. The molecule has 120 valence electrons. The molecule has 0 fully saturated rings. The molecule has 0 aliphatic heterocycles. The Morgan fingerprint density at radius 3 is 2.52 bits per heavy atom. The summed E-state index contributed by atoms with van der Waals surface area (Å²) in [6.07, 6.45) is 0. The molecule has 0 saturated carbocycles. The first-order valence-corrected chi connectivity index (χ1v) is 8.47. The summed E-state index contributed by atoms with van der Waals surface area (Å²) in [6.45, 7) is 7.72. The van der Waals surface area contributed by atoms with E-state index in [1.807, 2.05) is 33.8 Å². The molecule has 0 N–H and O–H groups in total. The van der Waals surface area contributed by atoms with E-state index in [2.05, 4.69) is 21.4 Å². The van der Waals surface area contributed by atoms with E-state index in [-0.39, 0.29) is 0 Å². The van der Waals surface area contributed by atoms with Gasteiger partial charge in [0.05, 0.1) is 11.4 Å². The minimum Gasteiger partial charge on any atom is -0.361 e. The Balaban J connectivity index is 1.77. The second-order valence-corrected chi connectivity index (χ2v) is 6.79. The number of hydrogen-bond donors (Lipinski definition) is 0. The summed E-state index contributed by atoms with van der Waals surface area (Å²) in [5.74, 6) is 2.38. The standard InChI is InChI=1S/C16H16ClN3O2S/c1-8-6-13(9(2)5-12(8)17)23-7-14-18-16(22-20-14)15-10(3)19-21-11(15)4/h5-6H,7H2,1-4H3. The molecule has 0 amide bonds. The molecule has 0 bridgehead atoms. The van der Waals surface area contributed by atoms with Gasteiger partial charge in [0.1, 0.15) is 11.3 Å². The third-order valence-electron chi connectivity index (χ3n) is 3.53. The molecule has 0 atom stereocenters. The highest BCUT2D eigenvalue weighted by molar-refractivity contribution is 7.98. The van der Waals surface area contributed by atoms with E-state index in [0.717, 1.165) is 32.3 Å². The van der Waals surface area contributed by atoms with Crippen molar-refractivity contribution in [2.75, 3.05) is 0 Å². The topological polar surface area (TPSA) is 65.0 Å². The van der Waals surface area contributed by atoms with Gasteiger partial charge in [-0.3, -0.25) is 0 Å². The molecule has 0 spiro atoms. The number of aromatic nitrogens is 3. The van der Waals surface area contributed by atoms with E-state index < -0.39 is 0 Å². The third-order valence-corrected chi connectivity index (χ3v) is 5.09. The van der Waals surface area contributed by atoms with Crippen LogP contribution in [0.1, 0.15) is 28.4 Å². The third kappa shape index (κ3) is 3.28. The maximum absolute atomic E-state index is 6.13. The monoisotopic (exact) mass is 349 g/mol. The highest BCUT2D eigenvalue weighted by atomic mass is 35.5. The Bertz CT molecular complexity index is 838. The second kappa shape index (κ2) is 6.37. The molecule has 3 rings (SSSR count). The van der Waals surface area contributed by atoms with Gasteiger partial charge in [-0.1, -0.05) is 21.9 Å². The highest BCUT2D eigenvalue weighted by Crippen LogP contribution is 2.31. The molecule has 2 heterocycles. The summed E-state index contributed by atoms with van der Waals surface area (Å²) in [6, 6.07) is 4.06. The van der Waals surface area contributed by atoms with E-state index in [4.69, 9.17) is 20.6 Å². The molecule has 0 aliphatic rings. The SMILES string of the molecule is Cc1cc(SCc2noc(-c3c(C)noc3C)n2)c(C)cc1Cl. The van der Waals surface area contributed by atoms with Crippen LogP contribution in [0.5, 0.6) is 0 Å². The summed E-state index contributed by atoms with van der Waals surface area (Å²) < 4.78 is 10.5. The van der Waals surface area contributed by atoms with Gasteiger partial charge < -0.3 is 9.05 Å². The van der Waals surface area contributed by atoms with E-state index in [1.54, 1.807) is 11.8 Å². The number of rotatable bonds is 4. The lowest BCUT2D eigenvalue weighted by Crippen LogP contribution is -1.88. The Labute approximate surface area is 143 Å². The van der Waals surface area contributed by atoms with Crippen LogP contribution >= 0.6 is 23.4 Å². The van der Waals surface area contributed by atoms with Gasteiger partial charge in [0.15, 0.2) is 5.82 Å². The molecule has 0 radical (unpaired) electrons. The maximum Gasteiger partial charge on any atom is 0.263 e. The largest absolute Gasteiger partial charge is 0.361 e. The molecular formula is C16H16ClN3O2S. The van der Waals surface area contributed by atoms with Gasteiger partial charge in [-0.15, -0.1) is 11.8 Å². The molecule has 0 aliphatic carbocycles. The molecule has 3 aromatic rings. The van der Waals surface area contributed by atoms with Crippen molar-refractivity contribution in [3.05, 3.63) is 45.6 Å². The average Bonchev–Trinajstić information content (AvgIpc) is 3.08. The van der Waals surface area contributed by atoms with Gasteiger partial charge >= 0.3 is 0 Å². The van der Waals surface area contributed by atoms with Crippen molar-refractivity contribution in [2.45, 2.75) is 38.3 Å². The summed E-state index contributed by atoms with van der Waals surface area (Å²) in [5, 5.41) is 8.73. The zero-order chi connectivity index (χ0) is 16.6. The number of hydrogen-bond acceptors (Lipinski definition) is 6. The van der Waals surface area contributed by atoms with Crippen molar-refractivity contribution >= 4 is 23.4 Å². The van der Waals surface area contributed by atoms with E-state index in [9.17, 15) is 0 Å². The van der Waals surface area contributed by atoms with Gasteiger partial charge in [-0.2, -0.15) is 4.98 Å². The maximum atomic E-state index is 6.13. The average molecular weight is 350 g/mol. The summed E-state index contributed by atoms with van der Waals surface area (Å²) in [7, 11) is 0. The lowest BCUT2D eigenvalue weighted by atomic mass is 10.2. The number of benzene rings is 1. The first-order valence-electron chi connectivity index (χ1n) is 7.11. The van der Waals surface area contributed by atoms with Gasteiger partial charge in [-0.25, -0.2) is 0 Å². The van der Waals surface area contributed by atoms with Crippen molar-refractivity contribution in [3.8, 4) is 11.5 Å². The molecule has 2 aromatic heterocycles. The molecular weight excluding hydrogens is 334 g/mol. The Kier molecular flexibility index (Phi) is 4.46. The second-order valence-electron chi connectivity index (χ2n) is 5.37. The van der Waals surface area contributed by atoms with Crippen molar-refractivity contribution in [1.29, 1.82) is 0 Å². The van der Waals surface area contributed by atoms with Gasteiger partial charge in [0.2, 0.25) is 0 Å². The summed E-state index contributed by atoms with van der Waals surface area (Å²) >= 11 is 7.79. The minimum absolute atomic E-state index is 0.445. The number of nitrogens with zero attached hydrogens (tertiary/aromatic N) is 3. The zero-order valence-corrected chi connectivity index (χ0v) is 14.9.